The number of carbonyl (C=O) groups is 1. The van der Waals surface area contributed by atoms with E-state index >= 15 is 0 Å². The van der Waals surface area contributed by atoms with Crippen molar-refractivity contribution in [3.05, 3.63) is 66.1 Å². The third-order valence-electron chi connectivity index (χ3n) is 5.05. The number of nitrogens with zero attached hydrogens (tertiary/aromatic N) is 3. The number of ether oxygens (including phenoxy) is 1. The van der Waals surface area contributed by atoms with Gasteiger partial charge in [0.05, 0.1) is 24.6 Å². The van der Waals surface area contributed by atoms with E-state index in [0.717, 1.165) is 11.1 Å². The molecule has 1 aliphatic heterocycles. The number of amides is 1. The van der Waals surface area contributed by atoms with Gasteiger partial charge in [0.25, 0.3) is 0 Å². The molecule has 27 heavy (non-hydrogen) atoms. The lowest BCUT2D eigenvalue weighted by Crippen LogP contribution is -2.28. The minimum atomic E-state index is -0.0976. The van der Waals surface area contributed by atoms with E-state index < -0.39 is 0 Å². The Bertz CT molecular complexity index is 939. The number of aromatic nitrogens is 2. The Morgan fingerprint density at radius 2 is 1.89 bits per heavy atom. The highest BCUT2D eigenvalue weighted by Gasteiger charge is 2.37. The lowest BCUT2D eigenvalue weighted by Gasteiger charge is -2.24. The Hall–Kier alpha value is -3.15. The van der Waals surface area contributed by atoms with Gasteiger partial charge in [0.1, 0.15) is 5.75 Å². The molecule has 6 nitrogen and oxygen atoms in total. The van der Waals surface area contributed by atoms with Gasteiger partial charge in [-0.15, -0.1) is 0 Å². The van der Waals surface area contributed by atoms with Crippen molar-refractivity contribution in [1.29, 1.82) is 0 Å². The first-order valence-electron chi connectivity index (χ1n) is 8.98. The maximum atomic E-state index is 12.6. The van der Waals surface area contributed by atoms with Gasteiger partial charge < -0.3 is 14.2 Å². The summed E-state index contributed by atoms with van der Waals surface area (Å²) in [6, 6.07) is 17.6. The van der Waals surface area contributed by atoms with Gasteiger partial charge in [0, 0.05) is 13.0 Å². The summed E-state index contributed by atoms with van der Waals surface area (Å²) >= 11 is 0. The summed E-state index contributed by atoms with van der Waals surface area (Å²) in [5, 5.41) is 4.10. The molecule has 1 aliphatic rings. The summed E-state index contributed by atoms with van der Waals surface area (Å²) < 4.78 is 10.9. The number of rotatable bonds is 5. The number of methoxy groups -OCH3 is 1. The van der Waals surface area contributed by atoms with Gasteiger partial charge in [-0.1, -0.05) is 47.6 Å². The molecule has 0 radical (unpaired) electrons. The van der Waals surface area contributed by atoms with Crippen molar-refractivity contribution in [2.24, 2.45) is 0 Å². The first-order chi connectivity index (χ1) is 13.2. The van der Waals surface area contributed by atoms with Crippen molar-refractivity contribution < 1.29 is 14.1 Å². The van der Waals surface area contributed by atoms with Crippen LogP contribution < -0.4 is 4.74 Å². The van der Waals surface area contributed by atoms with E-state index in [-0.39, 0.29) is 17.9 Å². The number of hydrogen-bond acceptors (Lipinski definition) is 5. The van der Waals surface area contributed by atoms with Crippen LogP contribution in [0.15, 0.2) is 59.1 Å². The number of likely N-dealkylation sites (tertiary alicyclic amines) is 1. The molecule has 2 aromatic carbocycles. The summed E-state index contributed by atoms with van der Waals surface area (Å²) in [5.74, 6) is 1.66. The number of hydrogen-bond donors (Lipinski definition) is 0. The molecule has 4 rings (SSSR count). The second-order valence-corrected chi connectivity index (χ2v) is 6.69. The van der Waals surface area contributed by atoms with E-state index in [9.17, 15) is 4.79 Å². The summed E-state index contributed by atoms with van der Waals surface area (Å²) in [6.07, 6.45) is 0.380. The summed E-state index contributed by atoms with van der Waals surface area (Å²) in [6.45, 7) is 2.62. The second kappa shape index (κ2) is 7.23. The molecule has 0 aliphatic carbocycles. The summed E-state index contributed by atoms with van der Waals surface area (Å²) in [5.41, 5.74) is 1.89. The first-order valence-corrected chi connectivity index (χ1v) is 8.98. The maximum absolute atomic E-state index is 12.6. The molecule has 1 amide bonds. The van der Waals surface area contributed by atoms with Gasteiger partial charge in [-0.3, -0.25) is 4.79 Å². The van der Waals surface area contributed by atoms with Crippen LogP contribution in [0, 0.1) is 0 Å². The van der Waals surface area contributed by atoms with Crippen molar-refractivity contribution in [3.8, 4) is 17.1 Å². The molecule has 2 unspecified atom stereocenters. The van der Waals surface area contributed by atoms with Crippen LogP contribution in [0.2, 0.25) is 0 Å². The molecule has 1 fully saturated rings. The van der Waals surface area contributed by atoms with Crippen molar-refractivity contribution in [2.45, 2.75) is 25.3 Å². The topological polar surface area (TPSA) is 68.5 Å². The summed E-state index contributed by atoms with van der Waals surface area (Å²) in [4.78, 5) is 19.0. The Morgan fingerprint density at radius 1 is 1.15 bits per heavy atom. The van der Waals surface area contributed by atoms with Crippen LogP contribution in [0.4, 0.5) is 0 Å². The van der Waals surface area contributed by atoms with E-state index in [1.54, 1.807) is 7.11 Å². The van der Waals surface area contributed by atoms with E-state index in [1.165, 1.54) is 0 Å². The molecule has 2 heterocycles. The Balaban J connectivity index is 1.54. The highest BCUT2D eigenvalue weighted by molar-refractivity contribution is 5.80. The molecule has 0 spiro atoms. The molecule has 6 heteroatoms. The normalized spacial score (nSPS) is 17.9. The minimum absolute atomic E-state index is 0.0142. The van der Waals surface area contributed by atoms with E-state index in [4.69, 9.17) is 9.26 Å². The van der Waals surface area contributed by atoms with Crippen LogP contribution in [-0.4, -0.2) is 34.6 Å². The van der Waals surface area contributed by atoms with Crippen molar-refractivity contribution in [2.75, 3.05) is 13.7 Å². The monoisotopic (exact) mass is 363 g/mol. The molecule has 1 saturated heterocycles. The Kier molecular flexibility index (Phi) is 4.62. The standard InChI is InChI=1S/C21H21N3O3/c1-14(15-8-4-3-5-9-15)24-13-16(12-19(24)25)21-22-20(23-27-21)17-10-6-7-11-18(17)26-2/h3-11,14,16H,12-13H2,1-2H3. The number of benzene rings is 2. The zero-order valence-electron chi connectivity index (χ0n) is 15.3. The molecular formula is C21H21N3O3. The average molecular weight is 363 g/mol. The highest BCUT2D eigenvalue weighted by atomic mass is 16.5. The SMILES string of the molecule is COc1ccccc1-c1noc(C2CC(=O)N(C(C)c3ccccc3)C2)n1. The number of para-hydroxylation sites is 1. The Morgan fingerprint density at radius 3 is 2.67 bits per heavy atom. The minimum Gasteiger partial charge on any atom is -0.496 e. The van der Waals surface area contributed by atoms with Crippen LogP contribution in [0.1, 0.15) is 36.8 Å². The van der Waals surface area contributed by atoms with Crippen LogP contribution in [0.3, 0.4) is 0 Å². The first kappa shape index (κ1) is 17.3. The number of carbonyl (C=O) groups excluding carboxylic acids is 1. The van der Waals surface area contributed by atoms with E-state index in [1.807, 2.05) is 66.4 Å². The Labute approximate surface area is 157 Å². The molecule has 138 valence electrons. The van der Waals surface area contributed by atoms with Crippen LogP contribution >= 0.6 is 0 Å². The summed E-state index contributed by atoms with van der Waals surface area (Å²) in [7, 11) is 1.61. The largest absolute Gasteiger partial charge is 0.496 e. The van der Waals surface area contributed by atoms with E-state index in [2.05, 4.69) is 10.1 Å². The molecule has 1 aromatic heterocycles. The molecule has 0 bridgehead atoms. The van der Waals surface area contributed by atoms with Gasteiger partial charge in [-0.2, -0.15) is 4.98 Å². The van der Waals surface area contributed by atoms with Crippen molar-refractivity contribution in [3.63, 3.8) is 0 Å². The molecule has 0 saturated carbocycles. The lowest BCUT2D eigenvalue weighted by atomic mass is 10.1. The predicted octanol–water partition coefficient (Wildman–Crippen LogP) is 3.82. The molecule has 2 atom stereocenters. The molecular weight excluding hydrogens is 342 g/mol. The van der Waals surface area contributed by atoms with E-state index in [0.29, 0.717) is 30.4 Å². The van der Waals surface area contributed by atoms with Crippen LogP contribution in [0.25, 0.3) is 11.4 Å². The fraction of sp³-hybridized carbons (Fsp3) is 0.286. The quantitative estimate of drug-likeness (QED) is 0.689. The van der Waals surface area contributed by atoms with Crippen molar-refractivity contribution >= 4 is 5.91 Å². The van der Waals surface area contributed by atoms with Gasteiger partial charge in [-0.05, 0) is 24.6 Å². The average Bonchev–Trinajstić information content (AvgIpc) is 3.35. The maximum Gasteiger partial charge on any atom is 0.232 e. The van der Waals surface area contributed by atoms with Crippen LogP contribution in [0.5, 0.6) is 5.75 Å². The smallest absolute Gasteiger partial charge is 0.232 e. The lowest BCUT2D eigenvalue weighted by molar-refractivity contribution is -0.129. The fourth-order valence-corrected chi connectivity index (χ4v) is 3.52. The fourth-order valence-electron chi connectivity index (χ4n) is 3.52. The predicted molar refractivity (Wildman–Crippen MR) is 100 cm³/mol. The third kappa shape index (κ3) is 3.30. The van der Waals surface area contributed by atoms with Crippen LogP contribution in [-0.2, 0) is 4.79 Å². The zero-order chi connectivity index (χ0) is 18.8. The second-order valence-electron chi connectivity index (χ2n) is 6.69. The van der Waals surface area contributed by atoms with Crippen molar-refractivity contribution in [1.82, 2.24) is 15.0 Å². The van der Waals surface area contributed by atoms with Gasteiger partial charge in [-0.25, -0.2) is 0 Å². The van der Waals surface area contributed by atoms with Gasteiger partial charge >= 0.3 is 0 Å². The zero-order valence-corrected chi connectivity index (χ0v) is 15.3. The molecule has 3 aromatic rings. The highest BCUT2D eigenvalue weighted by Crippen LogP contribution is 2.35. The van der Waals surface area contributed by atoms with Gasteiger partial charge in [0.2, 0.25) is 17.6 Å². The van der Waals surface area contributed by atoms with Gasteiger partial charge in [0.15, 0.2) is 0 Å². The molecule has 0 N–H and O–H groups in total. The third-order valence-corrected chi connectivity index (χ3v) is 5.05.